The smallest absolute Gasteiger partial charge is 0.287 e. The van der Waals surface area contributed by atoms with E-state index >= 15 is 0 Å². The zero-order valence-corrected chi connectivity index (χ0v) is 11.8. The lowest BCUT2D eigenvalue weighted by Gasteiger charge is -2.15. The number of furan rings is 1. The summed E-state index contributed by atoms with van der Waals surface area (Å²) < 4.78 is 7.39. The van der Waals surface area contributed by atoms with Crippen LogP contribution in [0.2, 0.25) is 0 Å². The van der Waals surface area contributed by atoms with E-state index in [0.29, 0.717) is 11.7 Å². The second-order valence-corrected chi connectivity index (χ2v) is 5.88. The van der Waals surface area contributed by atoms with Crippen LogP contribution in [0.4, 0.5) is 0 Å². The third-order valence-corrected chi connectivity index (χ3v) is 4.30. The van der Waals surface area contributed by atoms with Crippen molar-refractivity contribution in [1.29, 1.82) is 0 Å². The van der Waals surface area contributed by atoms with Crippen molar-refractivity contribution in [1.82, 2.24) is 20.1 Å². The normalized spacial score (nSPS) is 21.6. The fourth-order valence-electron chi connectivity index (χ4n) is 2.96. The second kappa shape index (κ2) is 5.02. The summed E-state index contributed by atoms with van der Waals surface area (Å²) in [4.78, 5) is 12.0. The van der Waals surface area contributed by atoms with Crippen molar-refractivity contribution in [2.75, 3.05) is 0 Å². The zero-order valence-electron chi connectivity index (χ0n) is 11.8. The lowest BCUT2D eigenvalue weighted by molar-refractivity contribution is 0.0905. The number of nitrogens with zero attached hydrogens (tertiary/aromatic N) is 3. The standard InChI is InChI=1S/C15H18N4O2/c20-15(12-2-1-9-21-12)16-11-5-6-13-17-18-14(10-3-4-10)19(13)8-7-11/h1-2,9-11H,3-8H2,(H,16,20). The first kappa shape index (κ1) is 12.6. The first-order chi connectivity index (χ1) is 10.3. The van der Waals surface area contributed by atoms with Crippen molar-refractivity contribution in [2.24, 2.45) is 0 Å². The van der Waals surface area contributed by atoms with Gasteiger partial charge >= 0.3 is 0 Å². The predicted octanol–water partition coefficient (Wildman–Crippen LogP) is 1.88. The Balaban J connectivity index is 1.43. The zero-order chi connectivity index (χ0) is 14.2. The minimum Gasteiger partial charge on any atom is -0.459 e. The highest BCUT2D eigenvalue weighted by Gasteiger charge is 2.31. The van der Waals surface area contributed by atoms with Crippen LogP contribution in [0.25, 0.3) is 0 Å². The number of aryl methyl sites for hydroxylation is 1. The van der Waals surface area contributed by atoms with Crippen molar-refractivity contribution in [2.45, 2.75) is 50.6 Å². The van der Waals surface area contributed by atoms with Gasteiger partial charge in [-0.2, -0.15) is 0 Å². The molecule has 1 fully saturated rings. The van der Waals surface area contributed by atoms with E-state index in [9.17, 15) is 4.79 Å². The second-order valence-electron chi connectivity index (χ2n) is 5.88. The molecule has 0 radical (unpaired) electrons. The highest BCUT2D eigenvalue weighted by Crippen LogP contribution is 2.39. The lowest BCUT2D eigenvalue weighted by atomic mass is 10.1. The summed E-state index contributed by atoms with van der Waals surface area (Å²) in [5, 5.41) is 11.7. The molecule has 0 saturated heterocycles. The molecular weight excluding hydrogens is 268 g/mol. The Bertz CT molecular complexity index is 643. The molecule has 1 N–H and O–H groups in total. The Morgan fingerprint density at radius 1 is 1.29 bits per heavy atom. The van der Waals surface area contributed by atoms with Crippen LogP contribution in [0, 0.1) is 0 Å². The number of hydrogen-bond donors (Lipinski definition) is 1. The van der Waals surface area contributed by atoms with Crippen LogP contribution in [0.1, 0.15) is 53.8 Å². The molecule has 3 heterocycles. The molecule has 0 aromatic carbocycles. The van der Waals surface area contributed by atoms with Crippen molar-refractivity contribution in [3.63, 3.8) is 0 Å². The van der Waals surface area contributed by atoms with Crippen LogP contribution >= 0.6 is 0 Å². The number of carbonyl (C=O) groups is 1. The minimum atomic E-state index is -0.134. The molecule has 0 bridgehead atoms. The highest BCUT2D eigenvalue weighted by molar-refractivity contribution is 5.91. The summed E-state index contributed by atoms with van der Waals surface area (Å²) in [6.07, 6.45) is 6.66. The summed E-state index contributed by atoms with van der Waals surface area (Å²) in [5.74, 6) is 3.05. The van der Waals surface area contributed by atoms with Gasteiger partial charge in [0.1, 0.15) is 11.6 Å². The Kier molecular flexibility index (Phi) is 3.02. The number of aromatic nitrogens is 3. The van der Waals surface area contributed by atoms with Gasteiger partial charge in [-0.3, -0.25) is 4.79 Å². The first-order valence-corrected chi connectivity index (χ1v) is 7.57. The van der Waals surface area contributed by atoms with Gasteiger partial charge in [0.15, 0.2) is 5.76 Å². The van der Waals surface area contributed by atoms with Crippen molar-refractivity contribution < 1.29 is 9.21 Å². The minimum absolute atomic E-state index is 0.134. The van der Waals surface area contributed by atoms with Crippen LogP contribution < -0.4 is 5.32 Å². The fraction of sp³-hybridized carbons (Fsp3) is 0.533. The van der Waals surface area contributed by atoms with E-state index in [1.165, 1.54) is 19.1 Å². The molecule has 1 amide bonds. The maximum Gasteiger partial charge on any atom is 0.287 e. The summed E-state index contributed by atoms with van der Waals surface area (Å²) in [6.45, 7) is 0.886. The molecule has 4 rings (SSSR count). The molecule has 6 nitrogen and oxygen atoms in total. The maximum absolute atomic E-state index is 12.0. The van der Waals surface area contributed by atoms with Gasteiger partial charge in [-0.05, 0) is 37.8 Å². The Morgan fingerprint density at radius 2 is 2.19 bits per heavy atom. The van der Waals surface area contributed by atoms with Crippen molar-refractivity contribution in [3.05, 3.63) is 35.8 Å². The van der Waals surface area contributed by atoms with E-state index in [-0.39, 0.29) is 11.9 Å². The van der Waals surface area contributed by atoms with Gasteiger partial charge in [-0.1, -0.05) is 0 Å². The van der Waals surface area contributed by atoms with Crippen LogP contribution in [-0.4, -0.2) is 26.7 Å². The van der Waals surface area contributed by atoms with Gasteiger partial charge < -0.3 is 14.3 Å². The lowest BCUT2D eigenvalue weighted by Crippen LogP contribution is -2.35. The maximum atomic E-state index is 12.0. The number of carbonyl (C=O) groups excluding carboxylic acids is 1. The average Bonchev–Trinajstić information content (AvgIpc) is 3.09. The molecular formula is C15H18N4O2. The van der Waals surface area contributed by atoms with Crippen LogP contribution in [0.3, 0.4) is 0 Å². The molecule has 1 saturated carbocycles. The quantitative estimate of drug-likeness (QED) is 0.935. The largest absolute Gasteiger partial charge is 0.459 e. The van der Waals surface area contributed by atoms with Gasteiger partial charge in [-0.25, -0.2) is 0 Å². The van der Waals surface area contributed by atoms with Crippen molar-refractivity contribution in [3.8, 4) is 0 Å². The number of rotatable bonds is 3. The summed E-state index contributed by atoms with van der Waals surface area (Å²) in [6, 6.07) is 3.58. The van der Waals surface area contributed by atoms with E-state index in [2.05, 4.69) is 20.1 Å². The summed E-state index contributed by atoms with van der Waals surface area (Å²) in [7, 11) is 0. The molecule has 6 heteroatoms. The molecule has 110 valence electrons. The van der Waals surface area contributed by atoms with Gasteiger partial charge in [0.25, 0.3) is 5.91 Å². The van der Waals surface area contributed by atoms with E-state index in [1.807, 2.05) is 0 Å². The van der Waals surface area contributed by atoms with Gasteiger partial charge in [0.05, 0.1) is 6.26 Å². The number of amides is 1. The molecule has 2 aliphatic rings. The van der Waals surface area contributed by atoms with Gasteiger partial charge in [0.2, 0.25) is 0 Å². The van der Waals surface area contributed by atoms with Gasteiger partial charge in [-0.15, -0.1) is 10.2 Å². The van der Waals surface area contributed by atoms with Crippen LogP contribution in [0.15, 0.2) is 22.8 Å². The number of fused-ring (bicyclic) bond motifs is 1. The Labute approximate surface area is 122 Å². The highest BCUT2D eigenvalue weighted by atomic mass is 16.3. The first-order valence-electron chi connectivity index (χ1n) is 7.57. The molecule has 0 spiro atoms. The van der Waals surface area contributed by atoms with E-state index in [0.717, 1.165) is 37.5 Å². The van der Waals surface area contributed by atoms with Crippen LogP contribution in [0.5, 0.6) is 0 Å². The third kappa shape index (κ3) is 2.46. The number of hydrogen-bond acceptors (Lipinski definition) is 4. The summed E-state index contributed by atoms with van der Waals surface area (Å²) in [5.41, 5.74) is 0. The Hall–Kier alpha value is -2.11. The average molecular weight is 286 g/mol. The third-order valence-electron chi connectivity index (χ3n) is 4.30. The predicted molar refractivity (Wildman–Crippen MR) is 74.9 cm³/mol. The van der Waals surface area contributed by atoms with Gasteiger partial charge in [0, 0.05) is 24.9 Å². The monoisotopic (exact) mass is 286 g/mol. The topological polar surface area (TPSA) is 73.0 Å². The molecule has 21 heavy (non-hydrogen) atoms. The molecule has 1 unspecified atom stereocenters. The summed E-state index contributed by atoms with van der Waals surface area (Å²) >= 11 is 0. The molecule has 2 aromatic rings. The molecule has 2 aromatic heterocycles. The SMILES string of the molecule is O=C(NC1CCc2nnc(C3CC3)n2CC1)c1ccco1. The van der Waals surface area contributed by atoms with E-state index in [4.69, 9.17) is 4.42 Å². The fourth-order valence-corrected chi connectivity index (χ4v) is 2.96. The number of nitrogens with one attached hydrogen (secondary N) is 1. The molecule has 1 aliphatic heterocycles. The molecule has 1 atom stereocenters. The molecule has 1 aliphatic carbocycles. The van der Waals surface area contributed by atoms with E-state index < -0.39 is 0 Å². The van der Waals surface area contributed by atoms with Crippen LogP contribution in [-0.2, 0) is 13.0 Å². The van der Waals surface area contributed by atoms with E-state index in [1.54, 1.807) is 12.1 Å². The Morgan fingerprint density at radius 3 is 2.95 bits per heavy atom. The van der Waals surface area contributed by atoms with Crippen molar-refractivity contribution >= 4 is 5.91 Å².